The first kappa shape index (κ1) is 12.3. The second-order valence-corrected chi connectivity index (χ2v) is 4.40. The van der Waals surface area contributed by atoms with Gasteiger partial charge in [-0.1, -0.05) is 0 Å². The van der Waals surface area contributed by atoms with Gasteiger partial charge in [-0.25, -0.2) is 10.8 Å². The molecule has 0 aliphatic carbocycles. The molecule has 0 bridgehead atoms. The smallest absolute Gasteiger partial charge is 0.140 e. The molecule has 3 N–H and O–H groups in total. The van der Waals surface area contributed by atoms with Crippen LogP contribution in [0.25, 0.3) is 0 Å². The van der Waals surface area contributed by atoms with E-state index in [0.29, 0.717) is 11.9 Å². The zero-order valence-corrected chi connectivity index (χ0v) is 10.2. The summed E-state index contributed by atoms with van der Waals surface area (Å²) in [7, 11) is 1.79. The van der Waals surface area contributed by atoms with Crippen LogP contribution in [0.2, 0.25) is 0 Å². The minimum absolute atomic E-state index is 0.435. The van der Waals surface area contributed by atoms with E-state index in [4.69, 9.17) is 10.6 Å². The van der Waals surface area contributed by atoms with Gasteiger partial charge in [-0.05, 0) is 30.5 Å². The maximum Gasteiger partial charge on any atom is 0.140 e. The summed E-state index contributed by atoms with van der Waals surface area (Å²) in [4.78, 5) is 6.54. The number of hydrazine groups is 1. The number of ether oxygens (including phenoxy) is 1. The number of nitrogens with zero attached hydrogens (tertiary/aromatic N) is 2. The van der Waals surface area contributed by atoms with Crippen LogP contribution >= 0.6 is 0 Å². The summed E-state index contributed by atoms with van der Waals surface area (Å²) in [6.45, 7) is 3.13. The van der Waals surface area contributed by atoms with E-state index in [1.807, 2.05) is 12.1 Å². The van der Waals surface area contributed by atoms with E-state index in [2.05, 4.69) is 15.3 Å². The zero-order chi connectivity index (χ0) is 12.1. The predicted octanol–water partition coefficient (Wildman–Crippen LogP) is 0.978. The Morgan fingerprint density at radius 1 is 1.53 bits per heavy atom. The summed E-state index contributed by atoms with van der Waals surface area (Å²) in [6, 6.07) is 4.02. The average Bonchev–Trinajstić information content (AvgIpc) is 2.40. The molecule has 0 atom stereocenters. The standard InChI is InChI=1S/C12H20N4O/c1-17-11-3-6-16(7-4-11)9-10-2-5-14-12(8-10)15-13/h2,5,8,11H,3-4,6-7,9,13H2,1H3,(H,14,15). The lowest BCUT2D eigenvalue weighted by molar-refractivity contribution is 0.0388. The lowest BCUT2D eigenvalue weighted by Crippen LogP contribution is -2.36. The zero-order valence-electron chi connectivity index (χ0n) is 10.2. The number of hydrogen-bond donors (Lipinski definition) is 2. The van der Waals surface area contributed by atoms with Gasteiger partial charge < -0.3 is 10.2 Å². The van der Waals surface area contributed by atoms with Crippen molar-refractivity contribution < 1.29 is 4.74 Å². The lowest BCUT2D eigenvalue weighted by atomic mass is 10.1. The minimum atomic E-state index is 0.435. The van der Waals surface area contributed by atoms with Gasteiger partial charge in [-0.15, -0.1) is 0 Å². The highest BCUT2D eigenvalue weighted by atomic mass is 16.5. The Hall–Kier alpha value is -1.17. The third-order valence-corrected chi connectivity index (χ3v) is 3.25. The third kappa shape index (κ3) is 3.39. The number of nitrogens with two attached hydrogens (primary N) is 1. The van der Waals surface area contributed by atoms with E-state index in [0.717, 1.165) is 32.5 Å². The Kier molecular flexibility index (Phi) is 4.30. The molecule has 0 spiro atoms. The molecule has 1 aliphatic rings. The van der Waals surface area contributed by atoms with Crippen LogP contribution in [0.1, 0.15) is 18.4 Å². The summed E-state index contributed by atoms with van der Waals surface area (Å²) in [6.07, 6.45) is 4.45. The molecule has 0 saturated carbocycles. The molecule has 5 nitrogen and oxygen atoms in total. The quantitative estimate of drug-likeness (QED) is 0.602. The highest BCUT2D eigenvalue weighted by molar-refractivity contribution is 5.35. The molecule has 1 aromatic rings. The lowest BCUT2D eigenvalue weighted by Gasteiger charge is -2.31. The van der Waals surface area contributed by atoms with Crippen LogP contribution in [-0.4, -0.2) is 36.2 Å². The van der Waals surface area contributed by atoms with Crippen molar-refractivity contribution in [2.45, 2.75) is 25.5 Å². The van der Waals surface area contributed by atoms with Crippen molar-refractivity contribution in [2.75, 3.05) is 25.6 Å². The predicted molar refractivity (Wildman–Crippen MR) is 67.4 cm³/mol. The van der Waals surface area contributed by atoms with Gasteiger partial charge in [0.2, 0.25) is 0 Å². The molecule has 94 valence electrons. The largest absolute Gasteiger partial charge is 0.381 e. The Bertz CT molecular complexity index is 350. The summed E-state index contributed by atoms with van der Waals surface area (Å²) in [5.74, 6) is 6.06. The first-order valence-corrected chi connectivity index (χ1v) is 5.98. The number of methoxy groups -OCH3 is 1. The van der Waals surface area contributed by atoms with Gasteiger partial charge in [0.05, 0.1) is 6.10 Å². The van der Waals surface area contributed by atoms with E-state index >= 15 is 0 Å². The fraction of sp³-hybridized carbons (Fsp3) is 0.583. The maximum absolute atomic E-state index is 5.36. The average molecular weight is 236 g/mol. The number of aromatic nitrogens is 1. The van der Waals surface area contributed by atoms with Crippen LogP contribution in [0, 0.1) is 0 Å². The van der Waals surface area contributed by atoms with Crippen molar-refractivity contribution in [1.82, 2.24) is 9.88 Å². The molecular weight excluding hydrogens is 216 g/mol. The fourth-order valence-corrected chi connectivity index (χ4v) is 2.21. The van der Waals surface area contributed by atoms with E-state index < -0.39 is 0 Å². The van der Waals surface area contributed by atoms with E-state index in [1.165, 1.54) is 5.56 Å². The number of hydrogen-bond acceptors (Lipinski definition) is 5. The molecule has 0 amide bonds. The van der Waals surface area contributed by atoms with Crippen molar-refractivity contribution in [1.29, 1.82) is 0 Å². The molecule has 2 heterocycles. The van der Waals surface area contributed by atoms with Gasteiger partial charge in [-0.3, -0.25) is 4.90 Å². The Morgan fingerprint density at radius 3 is 2.94 bits per heavy atom. The van der Waals surface area contributed by atoms with E-state index in [9.17, 15) is 0 Å². The number of likely N-dealkylation sites (tertiary alicyclic amines) is 1. The molecule has 1 saturated heterocycles. The second-order valence-electron chi connectivity index (χ2n) is 4.40. The second kappa shape index (κ2) is 5.95. The van der Waals surface area contributed by atoms with Gasteiger partial charge >= 0.3 is 0 Å². The SMILES string of the molecule is COC1CCN(Cc2ccnc(NN)c2)CC1. The summed E-state index contributed by atoms with van der Waals surface area (Å²) >= 11 is 0. The van der Waals surface area contributed by atoms with Gasteiger partial charge in [0.25, 0.3) is 0 Å². The Labute approximate surface area is 102 Å². The maximum atomic E-state index is 5.36. The number of anilines is 1. The third-order valence-electron chi connectivity index (χ3n) is 3.25. The molecule has 1 fully saturated rings. The van der Waals surface area contributed by atoms with Crippen LogP contribution in [0.5, 0.6) is 0 Å². The van der Waals surface area contributed by atoms with Crippen LogP contribution < -0.4 is 11.3 Å². The van der Waals surface area contributed by atoms with Crippen LogP contribution in [0.3, 0.4) is 0 Å². The highest BCUT2D eigenvalue weighted by Crippen LogP contribution is 2.16. The summed E-state index contributed by atoms with van der Waals surface area (Å²) < 4.78 is 5.36. The van der Waals surface area contributed by atoms with E-state index in [1.54, 1.807) is 13.3 Å². The van der Waals surface area contributed by atoms with Crippen molar-refractivity contribution in [2.24, 2.45) is 5.84 Å². The molecule has 1 aliphatic heterocycles. The monoisotopic (exact) mass is 236 g/mol. The summed E-state index contributed by atoms with van der Waals surface area (Å²) in [5.41, 5.74) is 3.81. The Morgan fingerprint density at radius 2 is 2.29 bits per heavy atom. The van der Waals surface area contributed by atoms with Gasteiger partial charge in [0.15, 0.2) is 0 Å². The van der Waals surface area contributed by atoms with Crippen molar-refractivity contribution in [3.63, 3.8) is 0 Å². The van der Waals surface area contributed by atoms with Gasteiger partial charge in [0.1, 0.15) is 5.82 Å². The van der Waals surface area contributed by atoms with Crippen LogP contribution in [-0.2, 0) is 11.3 Å². The molecule has 0 radical (unpaired) electrons. The van der Waals surface area contributed by atoms with E-state index in [-0.39, 0.29) is 0 Å². The number of nitrogen functional groups attached to an aromatic ring is 1. The first-order valence-electron chi connectivity index (χ1n) is 5.98. The number of piperidine rings is 1. The van der Waals surface area contributed by atoms with Crippen molar-refractivity contribution in [3.05, 3.63) is 23.9 Å². The first-order chi connectivity index (χ1) is 8.31. The van der Waals surface area contributed by atoms with Crippen molar-refractivity contribution >= 4 is 5.82 Å². The molecular formula is C12H20N4O. The summed E-state index contributed by atoms with van der Waals surface area (Å²) in [5, 5.41) is 0. The molecule has 0 aromatic carbocycles. The normalized spacial score (nSPS) is 18.2. The highest BCUT2D eigenvalue weighted by Gasteiger charge is 2.18. The van der Waals surface area contributed by atoms with Crippen LogP contribution in [0.4, 0.5) is 5.82 Å². The minimum Gasteiger partial charge on any atom is -0.381 e. The molecule has 2 rings (SSSR count). The number of rotatable bonds is 4. The number of pyridine rings is 1. The molecule has 0 unspecified atom stereocenters. The Balaban J connectivity index is 1.88. The van der Waals surface area contributed by atoms with Crippen molar-refractivity contribution in [3.8, 4) is 0 Å². The topological polar surface area (TPSA) is 63.4 Å². The number of nitrogens with one attached hydrogen (secondary N) is 1. The van der Waals surface area contributed by atoms with Gasteiger partial charge in [-0.2, -0.15) is 0 Å². The van der Waals surface area contributed by atoms with Gasteiger partial charge in [0, 0.05) is 32.9 Å². The fourth-order valence-electron chi connectivity index (χ4n) is 2.21. The molecule has 1 aromatic heterocycles. The molecule has 17 heavy (non-hydrogen) atoms. The van der Waals surface area contributed by atoms with Crippen LogP contribution in [0.15, 0.2) is 18.3 Å². The molecule has 5 heteroatoms.